The van der Waals surface area contributed by atoms with Gasteiger partial charge < -0.3 is 0 Å². The molecule has 2 aliphatic carbocycles. The number of hydrogen-bond acceptors (Lipinski definition) is 0. The first-order chi connectivity index (χ1) is 6.69. The molecule has 0 aliphatic heterocycles. The molecular formula is C14H26. The second-order valence-corrected chi connectivity index (χ2v) is 6.04. The topological polar surface area (TPSA) is 0 Å². The van der Waals surface area contributed by atoms with Crippen LogP contribution >= 0.6 is 0 Å². The van der Waals surface area contributed by atoms with E-state index < -0.39 is 0 Å². The third-order valence-electron chi connectivity index (χ3n) is 5.26. The van der Waals surface area contributed by atoms with Crippen LogP contribution in [-0.2, 0) is 0 Å². The van der Waals surface area contributed by atoms with Crippen LogP contribution in [0.15, 0.2) is 0 Å². The van der Waals surface area contributed by atoms with Crippen molar-refractivity contribution in [3.05, 3.63) is 0 Å². The molecule has 0 aromatic heterocycles. The average molecular weight is 194 g/mol. The first-order valence-electron chi connectivity index (χ1n) is 6.69. The van der Waals surface area contributed by atoms with Crippen LogP contribution in [0.3, 0.4) is 0 Å². The summed E-state index contributed by atoms with van der Waals surface area (Å²) in [6.07, 6.45) is 10.5. The summed E-state index contributed by atoms with van der Waals surface area (Å²) in [5.74, 6) is 3.30. The Balaban J connectivity index is 2.05. The molecule has 0 spiro atoms. The Kier molecular flexibility index (Phi) is 2.91. The Bertz CT molecular complexity index is 196. The second-order valence-electron chi connectivity index (χ2n) is 6.04. The molecule has 2 bridgehead atoms. The van der Waals surface area contributed by atoms with Crippen LogP contribution < -0.4 is 0 Å². The van der Waals surface area contributed by atoms with E-state index in [4.69, 9.17) is 0 Å². The lowest BCUT2D eigenvalue weighted by Gasteiger charge is -2.40. The van der Waals surface area contributed by atoms with E-state index in [1.54, 1.807) is 25.7 Å². The van der Waals surface area contributed by atoms with E-state index in [0.29, 0.717) is 5.41 Å². The molecule has 0 nitrogen and oxygen atoms in total. The van der Waals surface area contributed by atoms with Gasteiger partial charge in [0.2, 0.25) is 0 Å². The lowest BCUT2D eigenvalue weighted by atomic mass is 9.65. The molecule has 14 heavy (non-hydrogen) atoms. The molecule has 4 unspecified atom stereocenters. The van der Waals surface area contributed by atoms with Crippen LogP contribution in [0.5, 0.6) is 0 Å². The van der Waals surface area contributed by atoms with Gasteiger partial charge >= 0.3 is 0 Å². The summed E-state index contributed by atoms with van der Waals surface area (Å²) in [7, 11) is 0. The zero-order valence-electron chi connectivity index (χ0n) is 10.2. The van der Waals surface area contributed by atoms with Crippen molar-refractivity contribution in [1.29, 1.82) is 0 Å². The third kappa shape index (κ3) is 1.61. The summed E-state index contributed by atoms with van der Waals surface area (Å²) in [5, 5.41) is 0. The lowest BCUT2D eigenvalue weighted by molar-refractivity contribution is 0.103. The van der Waals surface area contributed by atoms with E-state index in [1.165, 1.54) is 19.3 Å². The second kappa shape index (κ2) is 3.87. The van der Waals surface area contributed by atoms with Gasteiger partial charge in [0.15, 0.2) is 0 Å². The fraction of sp³-hybridized carbons (Fsp3) is 1.00. The van der Waals surface area contributed by atoms with E-state index >= 15 is 0 Å². The van der Waals surface area contributed by atoms with Crippen molar-refractivity contribution in [2.75, 3.05) is 0 Å². The SMILES string of the molecule is CCCC(C)(CC)C1CC2CCC1C2. The highest BCUT2D eigenvalue weighted by atomic mass is 14.5. The van der Waals surface area contributed by atoms with Gasteiger partial charge in [0.25, 0.3) is 0 Å². The fourth-order valence-electron chi connectivity index (χ4n) is 4.29. The fourth-order valence-corrected chi connectivity index (χ4v) is 4.29. The largest absolute Gasteiger partial charge is 0.0654 e. The Morgan fingerprint density at radius 2 is 1.93 bits per heavy atom. The molecule has 0 aromatic carbocycles. The number of fused-ring (bicyclic) bond motifs is 2. The Hall–Kier alpha value is 0. The van der Waals surface area contributed by atoms with Crippen molar-refractivity contribution < 1.29 is 0 Å². The minimum atomic E-state index is 0.675. The van der Waals surface area contributed by atoms with Crippen molar-refractivity contribution >= 4 is 0 Å². The van der Waals surface area contributed by atoms with Crippen molar-refractivity contribution in [3.63, 3.8) is 0 Å². The van der Waals surface area contributed by atoms with Gasteiger partial charge in [0.05, 0.1) is 0 Å². The molecule has 2 rings (SSSR count). The standard InChI is InChI=1S/C14H26/c1-4-8-14(3,5-2)13-10-11-6-7-12(13)9-11/h11-13H,4-10H2,1-3H3. The zero-order chi connectivity index (χ0) is 10.2. The third-order valence-corrected chi connectivity index (χ3v) is 5.26. The number of hydrogen-bond donors (Lipinski definition) is 0. The molecule has 0 saturated heterocycles. The summed E-state index contributed by atoms with van der Waals surface area (Å²) in [4.78, 5) is 0. The van der Waals surface area contributed by atoms with E-state index in [-0.39, 0.29) is 0 Å². The summed E-state index contributed by atoms with van der Waals surface area (Å²) in [6.45, 7) is 7.31. The van der Waals surface area contributed by atoms with Crippen LogP contribution in [0.25, 0.3) is 0 Å². The highest BCUT2D eigenvalue weighted by molar-refractivity contribution is 4.97. The quantitative estimate of drug-likeness (QED) is 0.611. The predicted molar refractivity (Wildman–Crippen MR) is 62.2 cm³/mol. The van der Waals surface area contributed by atoms with Crippen LogP contribution in [-0.4, -0.2) is 0 Å². The molecule has 4 atom stereocenters. The zero-order valence-corrected chi connectivity index (χ0v) is 10.2. The van der Waals surface area contributed by atoms with Gasteiger partial charge in [-0.05, 0) is 48.9 Å². The van der Waals surface area contributed by atoms with Crippen LogP contribution in [0.2, 0.25) is 0 Å². The molecule has 0 amide bonds. The maximum Gasteiger partial charge on any atom is -0.0298 e. The normalized spacial score (nSPS) is 40.1. The minimum absolute atomic E-state index is 0.675. The van der Waals surface area contributed by atoms with Gasteiger partial charge in [0.1, 0.15) is 0 Å². The molecule has 2 aliphatic rings. The maximum atomic E-state index is 2.56. The van der Waals surface area contributed by atoms with Gasteiger partial charge in [-0.2, -0.15) is 0 Å². The number of rotatable bonds is 4. The first kappa shape index (κ1) is 10.5. The van der Waals surface area contributed by atoms with Crippen molar-refractivity contribution in [2.24, 2.45) is 23.2 Å². The van der Waals surface area contributed by atoms with Gasteiger partial charge in [0, 0.05) is 0 Å². The molecule has 2 fully saturated rings. The average Bonchev–Trinajstić information content (AvgIpc) is 2.79. The maximum absolute atomic E-state index is 2.56. The van der Waals surface area contributed by atoms with Crippen molar-refractivity contribution in [3.8, 4) is 0 Å². The van der Waals surface area contributed by atoms with E-state index in [9.17, 15) is 0 Å². The molecule has 0 aromatic rings. The van der Waals surface area contributed by atoms with E-state index in [2.05, 4.69) is 20.8 Å². The van der Waals surface area contributed by atoms with Crippen molar-refractivity contribution in [1.82, 2.24) is 0 Å². The lowest BCUT2D eigenvalue weighted by Crippen LogP contribution is -2.30. The van der Waals surface area contributed by atoms with Crippen LogP contribution in [0.4, 0.5) is 0 Å². The van der Waals surface area contributed by atoms with Crippen LogP contribution in [0.1, 0.15) is 65.7 Å². The highest BCUT2D eigenvalue weighted by Crippen LogP contribution is 2.56. The van der Waals surface area contributed by atoms with Crippen LogP contribution in [0, 0.1) is 23.2 Å². The van der Waals surface area contributed by atoms with Gasteiger partial charge in [-0.25, -0.2) is 0 Å². The highest BCUT2D eigenvalue weighted by Gasteiger charge is 2.46. The Morgan fingerprint density at radius 1 is 1.14 bits per heavy atom. The van der Waals surface area contributed by atoms with Crippen molar-refractivity contribution in [2.45, 2.75) is 65.7 Å². The summed E-state index contributed by atoms with van der Waals surface area (Å²) >= 11 is 0. The molecular weight excluding hydrogens is 168 g/mol. The van der Waals surface area contributed by atoms with E-state index in [0.717, 1.165) is 17.8 Å². The molecule has 0 radical (unpaired) electrons. The first-order valence-corrected chi connectivity index (χ1v) is 6.69. The summed E-state index contributed by atoms with van der Waals surface area (Å²) in [5.41, 5.74) is 0.675. The van der Waals surface area contributed by atoms with E-state index in [1.807, 2.05) is 0 Å². The molecule has 2 saturated carbocycles. The predicted octanol–water partition coefficient (Wildman–Crippen LogP) is 4.64. The molecule has 82 valence electrons. The summed E-state index contributed by atoms with van der Waals surface area (Å²) in [6, 6.07) is 0. The van der Waals surface area contributed by atoms with Gasteiger partial charge in [-0.3, -0.25) is 0 Å². The van der Waals surface area contributed by atoms with Gasteiger partial charge in [-0.1, -0.05) is 40.0 Å². The minimum Gasteiger partial charge on any atom is -0.0654 e. The van der Waals surface area contributed by atoms with Gasteiger partial charge in [-0.15, -0.1) is 0 Å². The summed E-state index contributed by atoms with van der Waals surface area (Å²) < 4.78 is 0. The smallest absolute Gasteiger partial charge is 0.0298 e. The molecule has 0 heteroatoms. The Labute approximate surface area is 89.5 Å². The molecule has 0 N–H and O–H groups in total. The monoisotopic (exact) mass is 194 g/mol. The Morgan fingerprint density at radius 3 is 2.36 bits per heavy atom. The molecule has 0 heterocycles.